The number of nitrogens with zero attached hydrogens (tertiary/aromatic N) is 3. The number of benzene rings is 1. The highest BCUT2D eigenvalue weighted by Gasteiger charge is 2.16. The van der Waals surface area contributed by atoms with Gasteiger partial charge in [0, 0.05) is 17.8 Å². The number of hydrogen-bond donors (Lipinski definition) is 2. The first-order valence-corrected chi connectivity index (χ1v) is 8.16. The Hall–Kier alpha value is -3.78. The lowest BCUT2D eigenvalue weighted by atomic mass is 10.2. The maximum atomic E-state index is 12.9. The summed E-state index contributed by atoms with van der Waals surface area (Å²) in [5, 5.41) is 0. The molecule has 27 heavy (non-hydrogen) atoms. The van der Waals surface area contributed by atoms with Gasteiger partial charge >= 0.3 is 0 Å². The molecule has 0 aliphatic carbocycles. The van der Waals surface area contributed by atoms with Crippen LogP contribution in [-0.4, -0.2) is 20.4 Å². The number of nitrogens with one attached hydrogen (secondary N) is 1. The summed E-state index contributed by atoms with van der Waals surface area (Å²) in [5.41, 5.74) is 4.17. The summed E-state index contributed by atoms with van der Waals surface area (Å²) in [4.78, 5) is 33.3. The highest BCUT2D eigenvalue weighted by Crippen LogP contribution is 2.20. The van der Waals surface area contributed by atoms with Crippen LogP contribution in [-0.2, 0) is 6.54 Å². The molecule has 1 aromatic carbocycles. The number of hydrogen-bond acceptors (Lipinski definition) is 6. The summed E-state index contributed by atoms with van der Waals surface area (Å²) in [6, 6.07) is 14.3. The van der Waals surface area contributed by atoms with E-state index in [4.69, 9.17) is 10.3 Å². The fourth-order valence-electron chi connectivity index (χ4n) is 2.80. The zero-order valence-corrected chi connectivity index (χ0v) is 14.1. The lowest BCUT2D eigenvalue weighted by molar-refractivity contribution is 0.0953. The Balaban J connectivity index is 1.81. The van der Waals surface area contributed by atoms with Crippen molar-refractivity contribution in [2.45, 2.75) is 6.54 Å². The van der Waals surface area contributed by atoms with Gasteiger partial charge in [-0.3, -0.25) is 24.6 Å². The SMILES string of the molecule is NNC(=O)c1ccc(Cn2c(-c3ccccc3)nc3ccoc3c2=O)nc1. The van der Waals surface area contributed by atoms with E-state index in [9.17, 15) is 9.59 Å². The van der Waals surface area contributed by atoms with Gasteiger partial charge in [0.15, 0.2) is 0 Å². The Labute approximate surface area is 153 Å². The van der Waals surface area contributed by atoms with Crippen LogP contribution in [0.4, 0.5) is 0 Å². The van der Waals surface area contributed by atoms with Gasteiger partial charge in [-0.25, -0.2) is 10.8 Å². The zero-order valence-electron chi connectivity index (χ0n) is 14.1. The molecule has 134 valence electrons. The standard InChI is InChI=1S/C19H15N5O3/c20-23-18(25)13-6-7-14(21-10-13)11-24-17(12-4-2-1-3-5-12)22-15-8-9-27-16(15)19(24)26/h1-10H,11,20H2,(H,23,25). The van der Waals surface area contributed by atoms with Crippen molar-refractivity contribution in [2.75, 3.05) is 0 Å². The van der Waals surface area contributed by atoms with Crippen molar-refractivity contribution in [2.24, 2.45) is 5.84 Å². The number of amides is 1. The lowest BCUT2D eigenvalue weighted by Crippen LogP contribution is -2.30. The van der Waals surface area contributed by atoms with Crippen molar-refractivity contribution in [1.82, 2.24) is 20.0 Å². The van der Waals surface area contributed by atoms with Crippen molar-refractivity contribution >= 4 is 17.0 Å². The summed E-state index contributed by atoms with van der Waals surface area (Å²) in [6.45, 7) is 0.178. The fourth-order valence-corrected chi connectivity index (χ4v) is 2.80. The van der Waals surface area contributed by atoms with Gasteiger partial charge < -0.3 is 4.42 Å². The molecule has 8 heteroatoms. The lowest BCUT2D eigenvalue weighted by Gasteiger charge is -2.12. The molecule has 3 heterocycles. The van der Waals surface area contributed by atoms with Gasteiger partial charge in [0.05, 0.1) is 24.1 Å². The first kappa shape index (κ1) is 16.7. The Morgan fingerprint density at radius 2 is 1.96 bits per heavy atom. The zero-order chi connectivity index (χ0) is 18.8. The van der Waals surface area contributed by atoms with Gasteiger partial charge in [-0.2, -0.15) is 0 Å². The average molecular weight is 361 g/mol. The summed E-state index contributed by atoms with van der Waals surface area (Å²) >= 11 is 0. The summed E-state index contributed by atoms with van der Waals surface area (Å²) < 4.78 is 6.81. The van der Waals surface area contributed by atoms with E-state index in [-0.39, 0.29) is 17.7 Å². The molecule has 0 unspecified atom stereocenters. The van der Waals surface area contributed by atoms with Gasteiger partial charge in [0.1, 0.15) is 11.3 Å². The van der Waals surface area contributed by atoms with Crippen molar-refractivity contribution in [1.29, 1.82) is 0 Å². The predicted octanol–water partition coefficient (Wildman–Crippen LogP) is 1.70. The topological polar surface area (TPSA) is 116 Å². The normalized spacial score (nSPS) is 10.9. The van der Waals surface area contributed by atoms with Crippen molar-refractivity contribution in [3.63, 3.8) is 0 Å². The average Bonchev–Trinajstić information content (AvgIpc) is 3.19. The number of nitrogen functional groups attached to an aromatic ring is 1. The van der Waals surface area contributed by atoms with Crippen molar-refractivity contribution in [3.05, 3.63) is 82.6 Å². The number of nitrogens with two attached hydrogens (primary N) is 1. The summed E-state index contributed by atoms with van der Waals surface area (Å²) in [6.07, 6.45) is 2.85. The van der Waals surface area contributed by atoms with Gasteiger partial charge in [-0.05, 0) is 12.1 Å². The van der Waals surface area contributed by atoms with E-state index < -0.39 is 5.91 Å². The highest BCUT2D eigenvalue weighted by molar-refractivity contribution is 5.93. The monoisotopic (exact) mass is 361 g/mol. The molecule has 0 radical (unpaired) electrons. The number of hydrazine groups is 1. The Kier molecular flexibility index (Phi) is 4.23. The molecule has 0 bridgehead atoms. The van der Waals surface area contributed by atoms with E-state index in [1.807, 2.05) is 30.3 Å². The molecular weight excluding hydrogens is 346 g/mol. The van der Waals surface area contributed by atoms with Crippen LogP contribution in [0.5, 0.6) is 0 Å². The van der Waals surface area contributed by atoms with Crippen LogP contribution < -0.4 is 16.8 Å². The number of aromatic nitrogens is 3. The molecular formula is C19H15N5O3. The molecule has 0 atom stereocenters. The molecule has 0 spiro atoms. The summed E-state index contributed by atoms with van der Waals surface area (Å²) in [5.74, 6) is 5.20. The molecule has 3 N–H and O–H groups in total. The van der Waals surface area contributed by atoms with Crippen molar-refractivity contribution in [3.8, 4) is 11.4 Å². The van der Waals surface area contributed by atoms with E-state index in [1.54, 1.807) is 18.2 Å². The van der Waals surface area contributed by atoms with E-state index in [0.29, 0.717) is 22.6 Å². The van der Waals surface area contributed by atoms with E-state index in [0.717, 1.165) is 5.56 Å². The van der Waals surface area contributed by atoms with Crippen LogP contribution in [0.15, 0.2) is 70.2 Å². The molecule has 1 amide bonds. The number of carbonyl (C=O) groups is 1. The molecule has 0 aliphatic rings. The molecule has 0 saturated carbocycles. The smallest absolute Gasteiger partial charge is 0.297 e. The molecule has 4 aromatic rings. The van der Waals surface area contributed by atoms with Crippen LogP contribution in [0.1, 0.15) is 16.1 Å². The first-order chi connectivity index (χ1) is 13.2. The first-order valence-electron chi connectivity index (χ1n) is 8.16. The molecule has 8 nitrogen and oxygen atoms in total. The fraction of sp³-hybridized carbons (Fsp3) is 0.0526. The number of furan rings is 1. The third-order valence-corrected chi connectivity index (χ3v) is 4.14. The van der Waals surface area contributed by atoms with E-state index in [1.165, 1.54) is 17.0 Å². The number of rotatable bonds is 4. The van der Waals surface area contributed by atoms with Gasteiger partial charge in [-0.15, -0.1) is 0 Å². The molecule has 0 fully saturated rings. The van der Waals surface area contributed by atoms with Crippen LogP contribution in [0.3, 0.4) is 0 Å². The maximum absolute atomic E-state index is 12.9. The van der Waals surface area contributed by atoms with E-state index in [2.05, 4.69) is 15.4 Å². The molecule has 3 aromatic heterocycles. The minimum absolute atomic E-state index is 0.178. The quantitative estimate of drug-likeness (QED) is 0.325. The van der Waals surface area contributed by atoms with Gasteiger partial charge in [0.25, 0.3) is 11.5 Å². The second kappa shape index (κ2) is 6.85. The second-order valence-electron chi connectivity index (χ2n) is 5.84. The van der Waals surface area contributed by atoms with E-state index >= 15 is 0 Å². The highest BCUT2D eigenvalue weighted by atomic mass is 16.3. The summed E-state index contributed by atoms with van der Waals surface area (Å²) in [7, 11) is 0. The number of fused-ring (bicyclic) bond motifs is 1. The molecule has 0 aliphatic heterocycles. The van der Waals surface area contributed by atoms with Crippen LogP contribution >= 0.6 is 0 Å². The van der Waals surface area contributed by atoms with Crippen molar-refractivity contribution < 1.29 is 9.21 Å². The van der Waals surface area contributed by atoms with Gasteiger partial charge in [-0.1, -0.05) is 30.3 Å². The van der Waals surface area contributed by atoms with Gasteiger partial charge in [0.2, 0.25) is 5.58 Å². The Morgan fingerprint density at radius 3 is 2.67 bits per heavy atom. The maximum Gasteiger partial charge on any atom is 0.297 e. The number of pyridine rings is 1. The predicted molar refractivity (Wildman–Crippen MR) is 98.7 cm³/mol. The Bertz CT molecular complexity index is 1160. The minimum atomic E-state index is -0.435. The van der Waals surface area contributed by atoms with Crippen LogP contribution in [0, 0.1) is 0 Å². The van der Waals surface area contributed by atoms with Crippen LogP contribution in [0.25, 0.3) is 22.5 Å². The molecule has 0 saturated heterocycles. The second-order valence-corrected chi connectivity index (χ2v) is 5.84. The third kappa shape index (κ3) is 3.09. The largest absolute Gasteiger partial charge is 0.457 e. The number of carbonyl (C=O) groups excluding carboxylic acids is 1. The Morgan fingerprint density at radius 1 is 1.15 bits per heavy atom. The third-order valence-electron chi connectivity index (χ3n) is 4.14. The van der Waals surface area contributed by atoms with Crippen LogP contribution in [0.2, 0.25) is 0 Å². The minimum Gasteiger partial charge on any atom is -0.457 e. The molecule has 4 rings (SSSR count).